The first-order chi connectivity index (χ1) is 19.6. The molecule has 2 heteroatoms. The summed E-state index contributed by atoms with van der Waals surface area (Å²) in [6, 6.07) is 0.634. The molecule has 1 rings (SSSR count). The minimum atomic E-state index is 0.634. The predicted octanol–water partition coefficient (Wildman–Crippen LogP) is 12.8. The molecule has 1 aromatic rings. The third-order valence-electron chi connectivity index (χ3n) is 9.22. The molecule has 0 bridgehead atoms. The number of unbranched alkanes of at least 4 members (excludes halogenated alkanes) is 22. The number of aryl methyl sites for hydroxylation is 2. The first kappa shape index (κ1) is 37.2. The summed E-state index contributed by atoms with van der Waals surface area (Å²) in [6.07, 6.45) is 42.0. The highest BCUT2D eigenvalue weighted by atomic mass is 15.1. The van der Waals surface area contributed by atoms with E-state index in [1.54, 1.807) is 5.69 Å². The quantitative estimate of drug-likeness (QED) is 0.0714. The molecule has 0 saturated heterocycles. The van der Waals surface area contributed by atoms with Crippen LogP contribution in [0, 0.1) is 5.92 Å². The molecular formula is C38H75N2+. The Morgan fingerprint density at radius 1 is 0.525 bits per heavy atom. The molecule has 0 spiro atoms. The van der Waals surface area contributed by atoms with Gasteiger partial charge >= 0.3 is 0 Å². The first-order valence-electron chi connectivity index (χ1n) is 18.7. The fourth-order valence-corrected chi connectivity index (χ4v) is 6.53. The van der Waals surface area contributed by atoms with E-state index in [4.69, 9.17) is 0 Å². The Labute approximate surface area is 253 Å². The number of aromatic amines is 1. The standard InChI is InChI=1S/C38H74N2/c1-6-8-9-10-11-12-13-14-17-20-23-26-29-32-36(5)40-37(34-39-38(40)7-2)33-30-27-24-21-18-15-16-19-22-25-28-31-35(3)4/h34-36H,6-33H2,1-5H3/p+1. The Hall–Kier alpha value is -0.790. The summed E-state index contributed by atoms with van der Waals surface area (Å²) in [5, 5.41) is 0. The van der Waals surface area contributed by atoms with Crippen molar-refractivity contribution in [3.8, 4) is 0 Å². The average molecular weight is 560 g/mol. The lowest BCUT2D eigenvalue weighted by Crippen LogP contribution is -2.43. The van der Waals surface area contributed by atoms with Crippen LogP contribution in [-0.2, 0) is 12.8 Å². The van der Waals surface area contributed by atoms with E-state index in [1.807, 2.05) is 0 Å². The van der Waals surface area contributed by atoms with Gasteiger partial charge in [0.25, 0.3) is 5.82 Å². The van der Waals surface area contributed by atoms with Crippen LogP contribution in [0.25, 0.3) is 0 Å². The first-order valence-corrected chi connectivity index (χ1v) is 18.7. The molecule has 0 fully saturated rings. The smallest absolute Gasteiger partial charge is 0.247 e. The number of aromatic nitrogens is 2. The van der Waals surface area contributed by atoms with Gasteiger partial charge in [-0.05, 0) is 32.1 Å². The third-order valence-corrected chi connectivity index (χ3v) is 9.22. The summed E-state index contributed by atoms with van der Waals surface area (Å²) < 4.78 is 2.67. The van der Waals surface area contributed by atoms with Crippen molar-refractivity contribution in [2.24, 2.45) is 5.92 Å². The van der Waals surface area contributed by atoms with Gasteiger partial charge in [-0.15, -0.1) is 0 Å². The van der Waals surface area contributed by atoms with Crippen molar-refractivity contribution >= 4 is 0 Å². The lowest BCUT2D eigenvalue weighted by molar-refractivity contribution is -0.732. The second-order valence-electron chi connectivity index (χ2n) is 13.7. The van der Waals surface area contributed by atoms with Crippen LogP contribution in [0.15, 0.2) is 6.20 Å². The summed E-state index contributed by atoms with van der Waals surface area (Å²) in [6.45, 7) is 11.8. The molecule has 1 aromatic heterocycles. The van der Waals surface area contributed by atoms with Crippen molar-refractivity contribution < 1.29 is 4.57 Å². The highest BCUT2D eigenvalue weighted by Crippen LogP contribution is 2.18. The molecule has 2 nitrogen and oxygen atoms in total. The predicted molar refractivity (Wildman–Crippen MR) is 179 cm³/mol. The van der Waals surface area contributed by atoms with Crippen molar-refractivity contribution in [2.75, 3.05) is 0 Å². The van der Waals surface area contributed by atoms with E-state index in [-0.39, 0.29) is 0 Å². The number of hydrogen-bond acceptors (Lipinski definition) is 0. The summed E-state index contributed by atoms with van der Waals surface area (Å²) in [4.78, 5) is 3.62. The van der Waals surface area contributed by atoms with Gasteiger partial charge in [-0.3, -0.25) is 0 Å². The van der Waals surface area contributed by atoms with Crippen molar-refractivity contribution in [3.63, 3.8) is 0 Å². The van der Waals surface area contributed by atoms with Crippen LogP contribution in [0.2, 0.25) is 0 Å². The molecule has 0 aliphatic rings. The number of rotatable bonds is 30. The van der Waals surface area contributed by atoms with E-state index in [0.717, 1.165) is 12.3 Å². The molecule has 1 heterocycles. The highest BCUT2D eigenvalue weighted by molar-refractivity contribution is 4.92. The average Bonchev–Trinajstić information content (AvgIpc) is 3.36. The largest absolute Gasteiger partial charge is 0.254 e. The van der Waals surface area contributed by atoms with Gasteiger partial charge < -0.3 is 0 Å². The molecule has 40 heavy (non-hydrogen) atoms. The SMILES string of the molecule is CCCCCCCCCCCCCCCC(C)[n+]1c(CCCCCCCCCCCCCC(C)C)c[nH]c1CC. The van der Waals surface area contributed by atoms with Gasteiger partial charge in [0, 0.05) is 12.8 Å². The Bertz CT molecular complexity index is 646. The number of hydrogen-bond donors (Lipinski definition) is 1. The van der Waals surface area contributed by atoms with Crippen molar-refractivity contribution in [1.29, 1.82) is 0 Å². The Kier molecular flexibility index (Phi) is 25.2. The van der Waals surface area contributed by atoms with Gasteiger partial charge in [-0.2, -0.15) is 0 Å². The number of imidazole rings is 1. The second-order valence-corrected chi connectivity index (χ2v) is 13.7. The van der Waals surface area contributed by atoms with E-state index < -0.39 is 0 Å². The van der Waals surface area contributed by atoms with Gasteiger partial charge in [-0.25, -0.2) is 9.55 Å². The minimum Gasteiger partial charge on any atom is -0.247 e. The molecule has 0 aromatic carbocycles. The van der Waals surface area contributed by atoms with Gasteiger partial charge in [-0.1, -0.05) is 175 Å². The fraction of sp³-hybridized carbons (Fsp3) is 0.921. The maximum absolute atomic E-state index is 3.62. The van der Waals surface area contributed by atoms with E-state index in [9.17, 15) is 0 Å². The van der Waals surface area contributed by atoms with Crippen molar-refractivity contribution in [1.82, 2.24) is 4.98 Å². The molecule has 1 unspecified atom stereocenters. The molecule has 236 valence electrons. The lowest BCUT2D eigenvalue weighted by Gasteiger charge is -2.13. The second kappa shape index (κ2) is 27.1. The van der Waals surface area contributed by atoms with Gasteiger partial charge in [0.2, 0.25) is 0 Å². The van der Waals surface area contributed by atoms with Gasteiger partial charge in [0.05, 0.1) is 6.04 Å². The van der Waals surface area contributed by atoms with Crippen LogP contribution in [0.4, 0.5) is 0 Å². The topological polar surface area (TPSA) is 19.7 Å². The van der Waals surface area contributed by atoms with E-state index in [1.165, 1.54) is 179 Å². The number of nitrogens with zero attached hydrogens (tertiary/aromatic N) is 1. The van der Waals surface area contributed by atoms with Gasteiger partial charge in [0.15, 0.2) is 0 Å². The zero-order valence-corrected chi connectivity index (χ0v) is 28.5. The summed E-state index contributed by atoms with van der Waals surface area (Å²) >= 11 is 0. The number of H-pyrrole nitrogens is 1. The normalized spacial score (nSPS) is 12.6. The Morgan fingerprint density at radius 3 is 1.35 bits per heavy atom. The van der Waals surface area contributed by atoms with E-state index in [2.05, 4.69) is 50.4 Å². The van der Waals surface area contributed by atoms with Crippen LogP contribution in [0.1, 0.15) is 219 Å². The molecule has 0 saturated carbocycles. The minimum absolute atomic E-state index is 0.634. The summed E-state index contributed by atoms with van der Waals surface area (Å²) in [5.74, 6) is 2.31. The third kappa shape index (κ3) is 20.1. The summed E-state index contributed by atoms with van der Waals surface area (Å²) in [7, 11) is 0. The molecule has 1 atom stereocenters. The molecule has 0 aliphatic carbocycles. The van der Waals surface area contributed by atoms with E-state index in [0.29, 0.717) is 6.04 Å². The molecule has 1 N–H and O–H groups in total. The van der Waals surface area contributed by atoms with Crippen LogP contribution >= 0.6 is 0 Å². The van der Waals surface area contributed by atoms with E-state index >= 15 is 0 Å². The molecule has 0 radical (unpaired) electrons. The monoisotopic (exact) mass is 560 g/mol. The lowest BCUT2D eigenvalue weighted by atomic mass is 10.0. The van der Waals surface area contributed by atoms with Crippen LogP contribution in [0.5, 0.6) is 0 Å². The van der Waals surface area contributed by atoms with Crippen LogP contribution in [-0.4, -0.2) is 4.98 Å². The zero-order valence-electron chi connectivity index (χ0n) is 28.5. The number of nitrogens with one attached hydrogen (secondary N) is 1. The maximum Gasteiger partial charge on any atom is 0.254 e. The maximum atomic E-state index is 3.62. The Morgan fingerprint density at radius 2 is 0.925 bits per heavy atom. The molecule has 0 amide bonds. The van der Waals surface area contributed by atoms with Crippen molar-refractivity contribution in [2.45, 2.75) is 220 Å². The summed E-state index contributed by atoms with van der Waals surface area (Å²) in [5.41, 5.74) is 1.55. The zero-order chi connectivity index (χ0) is 29.1. The highest BCUT2D eigenvalue weighted by Gasteiger charge is 2.21. The van der Waals surface area contributed by atoms with Crippen molar-refractivity contribution in [3.05, 3.63) is 17.7 Å². The Balaban J connectivity index is 2.07. The fourth-order valence-electron chi connectivity index (χ4n) is 6.53. The van der Waals surface area contributed by atoms with Crippen LogP contribution in [0.3, 0.4) is 0 Å². The molecule has 0 aliphatic heterocycles. The van der Waals surface area contributed by atoms with Gasteiger partial charge in [0.1, 0.15) is 11.9 Å². The van der Waals surface area contributed by atoms with Crippen LogP contribution < -0.4 is 4.57 Å². The molecular weight excluding hydrogens is 484 g/mol.